The van der Waals surface area contributed by atoms with Crippen molar-refractivity contribution in [1.29, 1.82) is 0 Å². The minimum absolute atomic E-state index is 0.327. The van der Waals surface area contributed by atoms with Crippen LogP contribution in [0.15, 0.2) is 18.2 Å². The van der Waals surface area contributed by atoms with Gasteiger partial charge in [-0.05, 0) is 6.07 Å². The van der Waals surface area contributed by atoms with Gasteiger partial charge in [0.25, 0.3) is 0 Å². The largest absolute Gasteiger partial charge is 0.371 e. The number of carbonyl (C=O) groups excluding carboxylic acids is 2. The molecule has 0 aromatic heterocycles. The van der Waals surface area contributed by atoms with E-state index >= 15 is 0 Å². The topological polar surface area (TPSA) is 58.2 Å². The second-order valence-electron chi connectivity index (χ2n) is 3.21. The first-order valence-electron chi connectivity index (χ1n) is 4.48. The van der Waals surface area contributed by atoms with E-state index in [2.05, 4.69) is 10.6 Å². The van der Waals surface area contributed by atoms with Crippen LogP contribution in [-0.2, 0) is 9.59 Å². The van der Waals surface area contributed by atoms with Gasteiger partial charge in [-0.1, -0.05) is 23.7 Å². The van der Waals surface area contributed by atoms with Gasteiger partial charge < -0.3 is 5.32 Å². The number of nitrogens with one attached hydrogen (secondary N) is 2. The highest BCUT2D eigenvalue weighted by Crippen LogP contribution is 2.32. The molecule has 1 aromatic rings. The Hall–Kier alpha value is -1.39. The summed E-state index contributed by atoms with van der Waals surface area (Å²) < 4.78 is 0. The van der Waals surface area contributed by atoms with Crippen molar-refractivity contribution >= 4 is 29.4 Å². The summed E-state index contributed by atoms with van der Waals surface area (Å²) in [7, 11) is 0. The highest BCUT2D eigenvalue weighted by atomic mass is 35.5. The van der Waals surface area contributed by atoms with Crippen molar-refractivity contribution in [3.8, 4) is 0 Å². The van der Waals surface area contributed by atoms with E-state index in [0.29, 0.717) is 23.5 Å². The first-order chi connectivity index (χ1) is 7.24. The Labute approximate surface area is 91.6 Å². The van der Waals surface area contributed by atoms with Crippen molar-refractivity contribution in [2.75, 3.05) is 12.0 Å². The minimum atomic E-state index is -0.586. The number of para-hydroxylation sites is 1. The van der Waals surface area contributed by atoms with Crippen LogP contribution in [-0.4, -0.2) is 18.7 Å². The van der Waals surface area contributed by atoms with Gasteiger partial charge in [-0.25, -0.2) is 0 Å². The number of hydrogen-bond donors (Lipinski definition) is 2. The summed E-state index contributed by atoms with van der Waals surface area (Å²) in [5, 5.41) is 6.48. The predicted octanol–water partition coefficient (Wildman–Crippen LogP) is 1.12. The van der Waals surface area contributed by atoms with E-state index in [1.165, 1.54) is 0 Å². The molecule has 0 fully saturated rings. The second kappa shape index (κ2) is 4.00. The third-order valence-corrected chi connectivity index (χ3v) is 2.64. The number of benzene rings is 1. The molecule has 1 aromatic carbocycles. The summed E-state index contributed by atoms with van der Waals surface area (Å²) in [5.74, 6) is -0.486. The van der Waals surface area contributed by atoms with Crippen LogP contribution < -0.4 is 10.6 Å². The van der Waals surface area contributed by atoms with Crippen molar-refractivity contribution in [3.05, 3.63) is 28.8 Å². The molecule has 0 spiro atoms. The summed E-state index contributed by atoms with van der Waals surface area (Å²) in [6.45, 7) is 0.418. The van der Waals surface area contributed by atoms with E-state index in [-0.39, 0.29) is 0 Å². The summed E-state index contributed by atoms with van der Waals surface area (Å²) in [5.41, 5.74) is 1.43. The number of aldehydes is 1. The maximum Gasteiger partial charge on any atom is 0.216 e. The van der Waals surface area contributed by atoms with Crippen LogP contribution in [0, 0.1) is 0 Å². The number of fused-ring (bicyclic) bond motifs is 1. The number of hydrogen-bond acceptors (Lipinski definition) is 4. The van der Waals surface area contributed by atoms with E-state index in [0.717, 1.165) is 5.69 Å². The van der Waals surface area contributed by atoms with Crippen LogP contribution in [0.2, 0.25) is 5.02 Å². The van der Waals surface area contributed by atoms with E-state index in [4.69, 9.17) is 11.6 Å². The smallest absolute Gasteiger partial charge is 0.216 e. The van der Waals surface area contributed by atoms with E-state index in [9.17, 15) is 9.59 Å². The molecule has 2 N–H and O–H groups in total. The van der Waals surface area contributed by atoms with Gasteiger partial charge in [-0.3, -0.25) is 14.9 Å². The third kappa shape index (κ3) is 1.73. The van der Waals surface area contributed by atoms with Crippen molar-refractivity contribution in [3.63, 3.8) is 0 Å². The lowest BCUT2D eigenvalue weighted by atomic mass is 10.00. The molecule has 4 nitrogen and oxygen atoms in total. The zero-order valence-corrected chi connectivity index (χ0v) is 8.54. The highest BCUT2D eigenvalue weighted by molar-refractivity contribution is 6.34. The lowest BCUT2D eigenvalue weighted by molar-refractivity contribution is -0.131. The molecule has 1 aliphatic rings. The van der Waals surface area contributed by atoms with Gasteiger partial charge in [0.2, 0.25) is 5.78 Å². The zero-order valence-electron chi connectivity index (χ0n) is 7.79. The molecular formula is C10H9ClN2O2. The number of carbonyl (C=O) groups is 2. The van der Waals surface area contributed by atoms with Crippen LogP contribution in [0.25, 0.3) is 0 Å². The fraction of sp³-hybridized carbons (Fsp3) is 0.200. The molecule has 0 amide bonds. The van der Waals surface area contributed by atoms with E-state index < -0.39 is 11.8 Å². The molecule has 78 valence electrons. The number of rotatable bonds is 2. The highest BCUT2D eigenvalue weighted by Gasteiger charge is 2.26. The van der Waals surface area contributed by atoms with E-state index in [1.54, 1.807) is 18.2 Å². The monoisotopic (exact) mass is 224 g/mol. The molecule has 2 rings (SSSR count). The summed E-state index contributed by atoms with van der Waals surface area (Å²) in [6.07, 6.45) is 0.327. The molecule has 0 bridgehead atoms. The minimum Gasteiger partial charge on any atom is -0.371 e. The third-order valence-electron chi connectivity index (χ3n) is 2.33. The average Bonchev–Trinajstić information content (AvgIpc) is 2.28. The molecule has 0 saturated heterocycles. The first-order valence-corrected chi connectivity index (χ1v) is 4.86. The number of ketones is 1. The number of anilines is 1. The first kappa shape index (κ1) is 10.1. The van der Waals surface area contributed by atoms with Crippen molar-refractivity contribution in [2.24, 2.45) is 0 Å². The molecule has 0 radical (unpaired) electrons. The van der Waals surface area contributed by atoms with Crippen LogP contribution in [0.1, 0.15) is 11.6 Å². The normalized spacial score (nSPS) is 18.9. The predicted molar refractivity (Wildman–Crippen MR) is 56.9 cm³/mol. The van der Waals surface area contributed by atoms with Crippen molar-refractivity contribution in [1.82, 2.24) is 5.32 Å². The number of halogens is 1. The lowest BCUT2D eigenvalue weighted by Crippen LogP contribution is -2.37. The number of Topliss-reactive ketones (excluding diaryl/α,β-unsaturated/α-hetero) is 1. The maximum atomic E-state index is 11.3. The maximum absolute atomic E-state index is 11.3. The summed E-state index contributed by atoms with van der Waals surface area (Å²) in [6, 6.07) is 4.67. The van der Waals surface area contributed by atoms with Crippen molar-refractivity contribution in [2.45, 2.75) is 6.04 Å². The van der Waals surface area contributed by atoms with Gasteiger partial charge in [-0.15, -0.1) is 0 Å². The summed E-state index contributed by atoms with van der Waals surface area (Å²) in [4.78, 5) is 21.8. The molecule has 0 saturated carbocycles. The molecule has 1 unspecified atom stereocenters. The van der Waals surface area contributed by atoms with Gasteiger partial charge in [-0.2, -0.15) is 0 Å². The molecular weight excluding hydrogens is 216 g/mol. The van der Waals surface area contributed by atoms with Crippen molar-refractivity contribution < 1.29 is 9.59 Å². The van der Waals surface area contributed by atoms with Crippen LogP contribution in [0.5, 0.6) is 0 Å². The zero-order chi connectivity index (χ0) is 10.8. The molecule has 0 aliphatic carbocycles. The van der Waals surface area contributed by atoms with Crippen LogP contribution in [0.3, 0.4) is 0 Å². The van der Waals surface area contributed by atoms with Gasteiger partial charge in [0.15, 0.2) is 6.29 Å². The Morgan fingerprint density at radius 3 is 3.07 bits per heavy atom. The SMILES string of the molecule is O=CC(=O)C1NCNc2c(Cl)cccc21. The Kier molecular flexibility index (Phi) is 2.70. The summed E-state index contributed by atoms with van der Waals surface area (Å²) >= 11 is 5.97. The fourth-order valence-corrected chi connectivity index (χ4v) is 1.89. The molecule has 1 aliphatic heterocycles. The fourth-order valence-electron chi connectivity index (χ4n) is 1.64. The Morgan fingerprint density at radius 2 is 2.33 bits per heavy atom. The quantitative estimate of drug-likeness (QED) is 0.584. The lowest BCUT2D eigenvalue weighted by Gasteiger charge is -2.26. The van der Waals surface area contributed by atoms with Crippen LogP contribution >= 0.6 is 11.6 Å². The molecule has 5 heteroatoms. The standard InChI is InChI=1S/C10H9ClN2O2/c11-7-3-1-2-6-9(7)12-5-13-10(6)8(15)4-14/h1-4,10,12-13H,5H2. The average molecular weight is 225 g/mol. The Bertz CT molecular complexity index is 420. The molecule has 15 heavy (non-hydrogen) atoms. The van der Waals surface area contributed by atoms with Gasteiger partial charge >= 0.3 is 0 Å². The van der Waals surface area contributed by atoms with Gasteiger partial charge in [0, 0.05) is 5.56 Å². The molecule has 1 heterocycles. The van der Waals surface area contributed by atoms with Gasteiger partial charge in [0.1, 0.15) is 6.04 Å². The molecule has 1 atom stereocenters. The van der Waals surface area contributed by atoms with Crippen LogP contribution in [0.4, 0.5) is 5.69 Å². The second-order valence-corrected chi connectivity index (χ2v) is 3.62. The Morgan fingerprint density at radius 1 is 1.53 bits per heavy atom. The van der Waals surface area contributed by atoms with Gasteiger partial charge in [0.05, 0.1) is 17.4 Å². The Balaban J connectivity index is 2.47. The van der Waals surface area contributed by atoms with E-state index in [1.807, 2.05) is 0 Å².